The highest BCUT2D eigenvalue weighted by Crippen LogP contribution is 2.26. The van der Waals surface area contributed by atoms with Crippen LogP contribution in [0.3, 0.4) is 0 Å². The molecule has 1 atom stereocenters. The standard InChI is InChI=1S/C20H22FN3O/c1-14-18(20(25-3)24(2)23-14)13-22-19(15-7-5-4-6-8-15)16-9-11-17(21)12-10-16/h4-12,19,22H,13H2,1-3H3. The number of hydrogen-bond donors (Lipinski definition) is 1. The summed E-state index contributed by atoms with van der Waals surface area (Å²) in [5.74, 6) is 0.510. The molecule has 0 aliphatic carbocycles. The molecule has 3 aromatic rings. The first-order valence-electron chi connectivity index (χ1n) is 8.20. The fourth-order valence-corrected chi connectivity index (χ4v) is 3.07. The average Bonchev–Trinajstić information content (AvgIpc) is 2.90. The van der Waals surface area contributed by atoms with Gasteiger partial charge in [-0.25, -0.2) is 9.07 Å². The minimum Gasteiger partial charge on any atom is -0.481 e. The number of nitrogens with one attached hydrogen (secondary N) is 1. The molecule has 0 saturated heterocycles. The Labute approximate surface area is 147 Å². The number of methoxy groups -OCH3 is 1. The Bertz CT molecular complexity index is 828. The van der Waals surface area contributed by atoms with Crippen LogP contribution in [0.4, 0.5) is 4.39 Å². The second kappa shape index (κ2) is 7.49. The number of hydrogen-bond acceptors (Lipinski definition) is 3. The van der Waals surface area contributed by atoms with Crippen LogP contribution in [0.25, 0.3) is 0 Å². The van der Waals surface area contributed by atoms with E-state index < -0.39 is 0 Å². The molecule has 0 fully saturated rings. The number of aromatic nitrogens is 2. The molecule has 0 radical (unpaired) electrons. The van der Waals surface area contributed by atoms with Gasteiger partial charge in [0.1, 0.15) is 5.82 Å². The Balaban J connectivity index is 1.90. The van der Waals surface area contributed by atoms with Crippen molar-refractivity contribution >= 4 is 0 Å². The van der Waals surface area contributed by atoms with Crippen LogP contribution in [0.1, 0.15) is 28.4 Å². The molecule has 0 aliphatic rings. The third-order valence-electron chi connectivity index (χ3n) is 4.30. The maximum absolute atomic E-state index is 13.3. The third-order valence-corrected chi connectivity index (χ3v) is 4.30. The van der Waals surface area contributed by atoms with Gasteiger partial charge in [-0.2, -0.15) is 5.10 Å². The fraction of sp³-hybridized carbons (Fsp3) is 0.250. The van der Waals surface area contributed by atoms with Gasteiger partial charge < -0.3 is 10.1 Å². The lowest BCUT2D eigenvalue weighted by molar-refractivity contribution is 0.367. The van der Waals surface area contributed by atoms with E-state index in [0.717, 1.165) is 28.3 Å². The maximum Gasteiger partial charge on any atom is 0.216 e. The molecular weight excluding hydrogens is 317 g/mol. The maximum atomic E-state index is 13.3. The predicted octanol–water partition coefficient (Wildman–Crippen LogP) is 3.76. The van der Waals surface area contributed by atoms with Crippen LogP contribution in [0.2, 0.25) is 0 Å². The first-order chi connectivity index (χ1) is 12.1. The zero-order chi connectivity index (χ0) is 17.8. The van der Waals surface area contributed by atoms with Crippen molar-refractivity contribution < 1.29 is 9.13 Å². The van der Waals surface area contributed by atoms with Crippen LogP contribution >= 0.6 is 0 Å². The Kier molecular flexibility index (Phi) is 5.14. The summed E-state index contributed by atoms with van der Waals surface area (Å²) in [5.41, 5.74) is 4.08. The summed E-state index contributed by atoms with van der Waals surface area (Å²) in [4.78, 5) is 0. The topological polar surface area (TPSA) is 39.1 Å². The second-order valence-corrected chi connectivity index (χ2v) is 5.97. The summed E-state index contributed by atoms with van der Waals surface area (Å²) in [6.07, 6.45) is 0. The predicted molar refractivity (Wildman–Crippen MR) is 96.0 cm³/mol. The highest BCUT2D eigenvalue weighted by atomic mass is 19.1. The van der Waals surface area contributed by atoms with Crippen molar-refractivity contribution in [2.24, 2.45) is 7.05 Å². The quantitative estimate of drug-likeness (QED) is 0.743. The molecule has 2 aromatic carbocycles. The van der Waals surface area contributed by atoms with E-state index in [1.54, 1.807) is 11.8 Å². The van der Waals surface area contributed by atoms with Gasteiger partial charge in [0.05, 0.1) is 24.4 Å². The largest absolute Gasteiger partial charge is 0.481 e. The van der Waals surface area contributed by atoms with Crippen molar-refractivity contribution in [3.05, 3.63) is 82.8 Å². The van der Waals surface area contributed by atoms with Crippen molar-refractivity contribution in [1.29, 1.82) is 0 Å². The van der Waals surface area contributed by atoms with E-state index in [2.05, 4.69) is 22.5 Å². The van der Waals surface area contributed by atoms with Crippen LogP contribution < -0.4 is 10.1 Å². The van der Waals surface area contributed by atoms with E-state index in [-0.39, 0.29) is 11.9 Å². The zero-order valence-corrected chi connectivity index (χ0v) is 14.7. The first-order valence-corrected chi connectivity index (χ1v) is 8.20. The van der Waals surface area contributed by atoms with E-state index in [1.165, 1.54) is 12.1 Å². The van der Waals surface area contributed by atoms with Gasteiger partial charge in [0, 0.05) is 13.6 Å². The molecule has 4 nitrogen and oxygen atoms in total. The lowest BCUT2D eigenvalue weighted by Crippen LogP contribution is -2.22. The summed E-state index contributed by atoms with van der Waals surface area (Å²) in [5, 5.41) is 7.98. The Morgan fingerprint density at radius 1 is 1.08 bits per heavy atom. The normalized spacial score (nSPS) is 12.2. The Hall–Kier alpha value is -2.66. The molecule has 1 aromatic heterocycles. The van der Waals surface area contributed by atoms with Crippen LogP contribution in [0, 0.1) is 12.7 Å². The van der Waals surface area contributed by atoms with Crippen molar-refractivity contribution in [1.82, 2.24) is 15.1 Å². The molecule has 0 spiro atoms. The lowest BCUT2D eigenvalue weighted by Gasteiger charge is -2.20. The van der Waals surface area contributed by atoms with Crippen LogP contribution in [-0.2, 0) is 13.6 Å². The second-order valence-electron chi connectivity index (χ2n) is 5.97. The van der Waals surface area contributed by atoms with Crippen molar-refractivity contribution in [3.63, 3.8) is 0 Å². The highest BCUT2D eigenvalue weighted by molar-refractivity contribution is 5.34. The minimum atomic E-state index is -0.236. The Morgan fingerprint density at radius 3 is 2.36 bits per heavy atom. The molecular formula is C20H22FN3O. The van der Waals surface area contributed by atoms with Gasteiger partial charge >= 0.3 is 0 Å². The molecule has 0 bridgehead atoms. The molecule has 3 rings (SSSR count). The van der Waals surface area contributed by atoms with Crippen molar-refractivity contribution in [2.75, 3.05) is 7.11 Å². The number of ether oxygens (including phenoxy) is 1. The van der Waals surface area contributed by atoms with Gasteiger partial charge in [-0.1, -0.05) is 42.5 Å². The van der Waals surface area contributed by atoms with Crippen LogP contribution in [0.5, 0.6) is 5.88 Å². The smallest absolute Gasteiger partial charge is 0.216 e. The molecule has 0 amide bonds. The molecule has 1 N–H and O–H groups in total. The third kappa shape index (κ3) is 3.72. The van der Waals surface area contributed by atoms with Crippen LogP contribution in [-0.4, -0.2) is 16.9 Å². The summed E-state index contributed by atoms with van der Waals surface area (Å²) >= 11 is 0. The number of halogens is 1. The number of benzene rings is 2. The first kappa shape index (κ1) is 17.2. The number of nitrogens with zero attached hydrogens (tertiary/aromatic N) is 2. The number of rotatable bonds is 6. The molecule has 0 saturated carbocycles. The summed E-state index contributed by atoms with van der Waals surface area (Å²) in [7, 11) is 3.51. The van der Waals surface area contributed by atoms with Gasteiger partial charge in [0.15, 0.2) is 0 Å². The summed E-state index contributed by atoms with van der Waals surface area (Å²) in [6, 6.07) is 16.7. The zero-order valence-electron chi connectivity index (χ0n) is 14.7. The molecule has 1 heterocycles. The van der Waals surface area contributed by atoms with Gasteiger partial charge in [-0.3, -0.25) is 0 Å². The molecule has 25 heavy (non-hydrogen) atoms. The SMILES string of the molecule is COc1c(CNC(c2ccccc2)c2ccc(F)cc2)c(C)nn1C. The van der Waals surface area contributed by atoms with E-state index in [0.29, 0.717) is 6.54 Å². The van der Waals surface area contributed by atoms with E-state index in [9.17, 15) is 4.39 Å². The summed E-state index contributed by atoms with van der Waals surface area (Å²) < 4.78 is 20.5. The van der Waals surface area contributed by atoms with Gasteiger partial charge in [0.25, 0.3) is 0 Å². The lowest BCUT2D eigenvalue weighted by atomic mass is 9.98. The van der Waals surface area contributed by atoms with Gasteiger partial charge in [0.2, 0.25) is 5.88 Å². The molecule has 5 heteroatoms. The number of aryl methyl sites for hydroxylation is 2. The van der Waals surface area contributed by atoms with E-state index in [1.807, 2.05) is 44.3 Å². The minimum absolute atomic E-state index is 0.0499. The average molecular weight is 339 g/mol. The monoisotopic (exact) mass is 339 g/mol. The summed E-state index contributed by atoms with van der Waals surface area (Å²) in [6.45, 7) is 2.56. The Morgan fingerprint density at radius 2 is 1.72 bits per heavy atom. The molecule has 130 valence electrons. The molecule has 1 unspecified atom stereocenters. The van der Waals surface area contributed by atoms with E-state index >= 15 is 0 Å². The van der Waals surface area contributed by atoms with Crippen LogP contribution in [0.15, 0.2) is 54.6 Å². The van der Waals surface area contributed by atoms with Gasteiger partial charge in [-0.15, -0.1) is 0 Å². The molecule has 0 aliphatic heterocycles. The fourth-order valence-electron chi connectivity index (χ4n) is 3.07. The van der Waals surface area contributed by atoms with Gasteiger partial charge in [-0.05, 0) is 30.2 Å². The van der Waals surface area contributed by atoms with Crippen molar-refractivity contribution in [3.8, 4) is 5.88 Å². The van der Waals surface area contributed by atoms with E-state index in [4.69, 9.17) is 4.74 Å². The highest BCUT2D eigenvalue weighted by Gasteiger charge is 2.18. The van der Waals surface area contributed by atoms with Crippen molar-refractivity contribution in [2.45, 2.75) is 19.5 Å².